The predicted octanol–water partition coefficient (Wildman–Crippen LogP) is 1.85. The maximum atomic E-state index is 5.76. The Labute approximate surface area is 102 Å². The molecular weight excluding hydrogens is 216 g/mol. The minimum atomic E-state index is 0.402. The highest BCUT2D eigenvalue weighted by Crippen LogP contribution is 2.31. The van der Waals surface area contributed by atoms with Gasteiger partial charge in [-0.05, 0) is 30.9 Å². The number of rotatable bonds is 5. The first-order valence-corrected chi connectivity index (χ1v) is 5.94. The molecule has 0 aliphatic heterocycles. The molecule has 1 saturated carbocycles. The van der Waals surface area contributed by atoms with Crippen molar-refractivity contribution in [2.24, 2.45) is 11.7 Å². The van der Waals surface area contributed by atoms with Gasteiger partial charge in [-0.25, -0.2) is 0 Å². The van der Waals surface area contributed by atoms with Crippen molar-refractivity contribution < 1.29 is 9.47 Å². The minimum Gasteiger partial charge on any atom is -0.497 e. The van der Waals surface area contributed by atoms with Gasteiger partial charge in [-0.15, -0.1) is 0 Å². The number of methoxy groups -OCH3 is 2. The highest BCUT2D eigenvalue weighted by atomic mass is 16.5. The quantitative estimate of drug-likeness (QED) is 0.819. The van der Waals surface area contributed by atoms with E-state index in [0.29, 0.717) is 12.0 Å². The van der Waals surface area contributed by atoms with Crippen molar-refractivity contribution in [2.75, 3.05) is 26.1 Å². The number of anilines is 1. The summed E-state index contributed by atoms with van der Waals surface area (Å²) >= 11 is 0. The van der Waals surface area contributed by atoms with E-state index in [2.05, 4.69) is 5.32 Å². The van der Waals surface area contributed by atoms with Crippen molar-refractivity contribution in [1.29, 1.82) is 0 Å². The van der Waals surface area contributed by atoms with Gasteiger partial charge in [0, 0.05) is 18.7 Å². The fourth-order valence-corrected chi connectivity index (χ4v) is 2.15. The third-order valence-corrected chi connectivity index (χ3v) is 3.26. The lowest BCUT2D eigenvalue weighted by molar-refractivity contribution is 0.280. The molecule has 0 unspecified atom stereocenters. The first kappa shape index (κ1) is 12.0. The first-order chi connectivity index (χ1) is 8.22. The van der Waals surface area contributed by atoms with Gasteiger partial charge in [-0.3, -0.25) is 0 Å². The van der Waals surface area contributed by atoms with Gasteiger partial charge < -0.3 is 20.5 Å². The van der Waals surface area contributed by atoms with Crippen molar-refractivity contribution in [3.05, 3.63) is 18.2 Å². The lowest BCUT2D eigenvalue weighted by Gasteiger charge is -2.32. The van der Waals surface area contributed by atoms with Crippen molar-refractivity contribution in [2.45, 2.75) is 18.9 Å². The normalized spacial score (nSPS) is 22.8. The lowest BCUT2D eigenvalue weighted by atomic mass is 9.81. The summed E-state index contributed by atoms with van der Waals surface area (Å²) in [6, 6.07) is 6.20. The Balaban J connectivity index is 1.95. The topological polar surface area (TPSA) is 56.5 Å². The van der Waals surface area contributed by atoms with Crippen LogP contribution in [0.5, 0.6) is 11.5 Å². The Hall–Kier alpha value is -1.42. The van der Waals surface area contributed by atoms with Crippen LogP contribution in [-0.4, -0.2) is 26.8 Å². The minimum absolute atomic E-state index is 0.402. The molecule has 1 fully saturated rings. The van der Waals surface area contributed by atoms with Crippen LogP contribution >= 0.6 is 0 Å². The number of nitrogens with two attached hydrogens (primary N) is 1. The van der Waals surface area contributed by atoms with Crippen LogP contribution in [0.2, 0.25) is 0 Å². The van der Waals surface area contributed by atoms with Crippen LogP contribution in [0.15, 0.2) is 18.2 Å². The highest BCUT2D eigenvalue weighted by Gasteiger charge is 2.25. The van der Waals surface area contributed by atoms with Crippen molar-refractivity contribution in [3.63, 3.8) is 0 Å². The maximum absolute atomic E-state index is 5.76. The summed E-state index contributed by atoms with van der Waals surface area (Å²) in [7, 11) is 3.32. The third kappa shape index (κ3) is 2.82. The molecule has 0 atom stereocenters. The second kappa shape index (κ2) is 5.27. The van der Waals surface area contributed by atoms with E-state index in [1.165, 1.54) is 0 Å². The fraction of sp³-hybridized carbons (Fsp3) is 0.538. The Morgan fingerprint density at radius 1 is 1.29 bits per heavy atom. The first-order valence-electron chi connectivity index (χ1n) is 5.94. The van der Waals surface area contributed by atoms with Crippen LogP contribution in [0.4, 0.5) is 5.69 Å². The Bertz CT molecular complexity index is 376. The molecule has 2 rings (SSSR count). The molecule has 4 nitrogen and oxygen atoms in total. The van der Waals surface area contributed by atoms with E-state index < -0.39 is 0 Å². The Morgan fingerprint density at radius 2 is 2.06 bits per heavy atom. The summed E-state index contributed by atoms with van der Waals surface area (Å²) in [5.74, 6) is 2.31. The van der Waals surface area contributed by atoms with Gasteiger partial charge in [-0.1, -0.05) is 0 Å². The molecule has 0 heterocycles. The van der Waals surface area contributed by atoms with Gasteiger partial charge in [0.1, 0.15) is 11.5 Å². The Morgan fingerprint density at radius 3 is 2.65 bits per heavy atom. The van der Waals surface area contributed by atoms with E-state index in [1.807, 2.05) is 18.2 Å². The lowest BCUT2D eigenvalue weighted by Crippen LogP contribution is -2.39. The molecule has 17 heavy (non-hydrogen) atoms. The molecule has 0 radical (unpaired) electrons. The molecule has 0 bridgehead atoms. The van der Waals surface area contributed by atoms with E-state index in [0.717, 1.165) is 36.6 Å². The van der Waals surface area contributed by atoms with Crippen LogP contribution in [-0.2, 0) is 0 Å². The summed E-state index contributed by atoms with van der Waals surface area (Å²) in [5.41, 5.74) is 6.77. The second-order valence-electron chi connectivity index (χ2n) is 4.54. The van der Waals surface area contributed by atoms with Crippen LogP contribution in [0.3, 0.4) is 0 Å². The standard InChI is InChI=1S/C13H20N2O2/c1-16-11-3-4-12(13(7-11)17-2)15-8-9-5-10(14)6-9/h3-4,7,9-10,15H,5-6,8,14H2,1-2H3. The molecule has 0 spiro atoms. The second-order valence-corrected chi connectivity index (χ2v) is 4.54. The zero-order chi connectivity index (χ0) is 12.3. The van der Waals surface area contributed by atoms with E-state index >= 15 is 0 Å². The number of ether oxygens (including phenoxy) is 2. The largest absolute Gasteiger partial charge is 0.497 e. The van der Waals surface area contributed by atoms with Gasteiger partial charge in [0.05, 0.1) is 19.9 Å². The molecule has 3 N–H and O–H groups in total. The van der Waals surface area contributed by atoms with Gasteiger partial charge >= 0.3 is 0 Å². The SMILES string of the molecule is COc1ccc(NCC2CC(N)C2)c(OC)c1. The van der Waals surface area contributed by atoms with E-state index in [4.69, 9.17) is 15.2 Å². The molecule has 1 aliphatic rings. The average molecular weight is 236 g/mol. The summed E-state index contributed by atoms with van der Waals surface area (Å²) in [6.45, 7) is 0.955. The van der Waals surface area contributed by atoms with Gasteiger partial charge in [0.2, 0.25) is 0 Å². The molecule has 1 aromatic carbocycles. The summed E-state index contributed by atoms with van der Waals surface area (Å²) in [4.78, 5) is 0. The molecule has 94 valence electrons. The van der Waals surface area contributed by atoms with Gasteiger partial charge in [-0.2, -0.15) is 0 Å². The molecule has 1 aliphatic carbocycles. The van der Waals surface area contributed by atoms with E-state index in [-0.39, 0.29) is 0 Å². The number of benzene rings is 1. The summed E-state index contributed by atoms with van der Waals surface area (Å²) in [5, 5.41) is 3.40. The van der Waals surface area contributed by atoms with Gasteiger partial charge in [0.25, 0.3) is 0 Å². The fourth-order valence-electron chi connectivity index (χ4n) is 2.15. The third-order valence-electron chi connectivity index (χ3n) is 3.26. The molecule has 0 saturated heterocycles. The van der Waals surface area contributed by atoms with Gasteiger partial charge in [0.15, 0.2) is 0 Å². The monoisotopic (exact) mass is 236 g/mol. The van der Waals surface area contributed by atoms with Crippen molar-refractivity contribution in [1.82, 2.24) is 0 Å². The smallest absolute Gasteiger partial charge is 0.145 e. The molecule has 1 aromatic rings. The van der Waals surface area contributed by atoms with Crippen LogP contribution < -0.4 is 20.5 Å². The zero-order valence-electron chi connectivity index (χ0n) is 10.4. The molecule has 0 aromatic heterocycles. The highest BCUT2D eigenvalue weighted by molar-refractivity contribution is 5.59. The number of hydrogen-bond donors (Lipinski definition) is 2. The van der Waals surface area contributed by atoms with Crippen molar-refractivity contribution >= 4 is 5.69 Å². The molecule has 0 amide bonds. The average Bonchev–Trinajstić information content (AvgIpc) is 2.33. The van der Waals surface area contributed by atoms with Crippen LogP contribution in [0, 0.1) is 5.92 Å². The number of hydrogen-bond acceptors (Lipinski definition) is 4. The van der Waals surface area contributed by atoms with Crippen LogP contribution in [0.25, 0.3) is 0 Å². The van der Waals surface area contributed by atoms with Crippen molar-refractivity contribution in [3.8, 4) is 11.5 Å². The van der Waals surface area contributed by atoms with Crippen LogP contribution in [0.1, 0.15) is 12.8 Å². The van der Waals surface area contributed by atoms with E-state index in [1.54, 1.807) is 14.2 Å². The predicted molar refractivity (Wildman–Crippen MR) is 68.7 cm³/mol. The molecular formula is C13H20N2O2. The maximum Gasteiger partial charge on any atom is 0.145 e. The number of nitrogens with one attached hydrogen (secondary N) is 1. The zero-order valence-corrected chi connectivity index (χ0v) is 10.4. The Kier molecular flexibility index (Phi) is 3.74. The summed E-state index contributed by atoms with van der Waals surface area (Å²) in [6.07, 6.45) is 2.23. The molecule has 4 heteroatoms. The van der Waals surface area contributed by atoms with E-state index in [9.17, 15) is 0 Å². The summed E-state index contributed by atoms with van der Waals surface area (Å²) < 4.78 is 10.5.